The van der Waals surface area contributed by atoms with E-state index in [1.54, 1.807) is 19.1 Å². The van der Waals surface area contributed by atoms with E-state index in [4.69, 9.17) is 5.73 Å². The van der Waals surface area contributed by atoms with E-state index in [1.165, 1.54) is 6.07 Å². The van der Waals surface area contributed by atoms with Gasteiger partial charge >= 0.3 is 0 Å². The first kappa shape index (κ1) is 14.0. The summed E-state index contributed by atoms with van der Waals surface area (Å²) >= 11 is 0. The van der Waals surface area contributed by atoms with Gasteiger partial charge in [0.2, 0.25) is 5.91 Å². The standard InChI is InChI=1S/C15H21FN2O/c1-9(2)8-18-14(19)7-13(17)15(18)11-4-5-12(16)10(3)6-11/h4-6,9,13,15H,7-8,17H2,1-3H3. The van der Waals surface area contributed by atoms with E-state index in [9.17, 15) is 9.18 Å². The van der Waals surface area contributed by atoms with Gasteiger partial charge in [-0.15, -0.1) is 0 Å². The van der Waals surface area contributed by atoms with Gasteiger partial charge in [-0.25, -0.2) is 4.39 Å². The minimum absolute atomic E-state index is 0.0909. The van der Waals surface area contributed by atoms with Gasteiger partial charge in [0.15, 0.2) is 0 Å². The molecular formula is C15H21FN2O. The number of halogens is 1. The quantitative estimate of drug-likeness (QED) is 0.911. The highest BCUT2D eigenvalue weighted by Gasteiger charge is 2.38. The van der Waals surface area contributed by atoms with E-state index in [0.717, 1.165) is 5.56 Å². The van der Waals surface area contributed by atoms with Crippen molar-refractivity contribution >= 4 is 5.91 Å². The summed E-state index contributed by atoms with van der Waals surface area (Å²) in [5.41, 5.74) is 7.62. The lowest BCUT2D eigenvalue weighted by molar-refractivity contribution is -0.129. The van der Waals surface area contributed by atoms with E-state index in [2.05, 4.69) is 13.8 Å². The summed E-state index contributed by atoms with van der Waals surface area (Å²) < 4.78 is 13.4. The molecule has 104 valence electrons. The number of hydrogen-bond donors (Lipinski definition) is 1. The molecule has 0 saturated carbocycles. The second kappa shape index (κ2) is 5.29. The van der Waals surface area contributed by atoms with Crippen molar-refractivity contribution in [3.05, 3.63) is 35.1 Å². The molecule has 2 unspecified atom stereocenters. The van der Waals surface area contributed by atoms with Crippen LogP contribution in [-0.4, -0.2) is 23.4 Å². The molecule has 19 heavy (non-hydrogen) atoms. The van der Waals surface area contributed by atoms with Gasteiger partial charge in [0.25, 0.3) is 0 Å². The largest absolute Gasteiger partial charge is 0.334 e. The van der Waals surface area contributed by atoms with Crippen LogP contribution in [0.4, 0.5) is 4.39 Å². The minimum Gasteiger partial charge on any atom is -0.334 e. The molecule has 1 aliphatic heterocycles. The minimum atomic E-state index is -0.225. The van der Waals surface area contributed by atoms with Crippen LogP contribution in [0.3, 0.4) is 0 Å². The Hall–Kier alpha value is -1.42. The molecule has 0 bridgehead atoms. The molecule has 2 N–H and O–H groups in total. The summed E-state index contributed by atoms with van der Waals surface area (Å²) in [6.07, 6.45) is 0.369. The second-order valence-electron chi connectivity index (χ2n) is 5.76. The van der Waals surface area contributed by atoms with Crippen LogP contribution in [0.15, 0.2) is 18.2 Å². The molecule has 0 aliphatic carbocycles. The third-order valence-corrected chi connectivity index (χ3v) is 3.56. The van der Waals surface area contributed by atoms with Crippen molar-refractivity contribution < 1.29 is 9.18 Å². The van der Waals surface area contributed by atoms with Crippen LogP contribution < -0.4 is 5.73 Å². The second-order valence-corrected chi connectivity index (χ2v) is 5.76. The van der Waals surface area contributed by atoms with Crippen molar-refractivity contribution in [2.24, 2.45) is 11.7 Å². The van der Waals surface area contributed by atoms with Gasteiger partial charge in [-0.2, -0.15) is 0 Å². The highest BCUT2D eigenvalue weighted by molar-refractivity contribution is 5.80. The van der Waals surface area contributed by atoms with Gasteiger partial charge in [0.1, 0.15) is 5.82 Å². The fourth-order valence-electron chi connectivity index (χ4n) is 2.70. The number of nitrogens with two attached hydrogens (primary N) is 1. The van der Waals surface area contributed by atoms with Gasteiger partial charge in [0, 0.05) is 19.0 Å². The fourth-order valence-corrected chi connectivity index (χ4v) is 2.70. The first-order valence-corrected chi connectivity index (χ1v) is 6.71. The SMILES string of the molecule is Cc1cc(C2C(N)CC(=O)N2CC(C)C)ccc1F. The predicted octanol–water partition coefficient (Wildman–Crippen LogP) is 2.39. The number of aryl methyl sites for hydroxylation is 1. The zero-order chi connectivity index (χ0) is 14.2. The maximum atomic E-state index is 13.4. The Labute approximate surface area is 113 Å². The predicted molar refractivity (Wildman–Crippen MR) is 73.0 cm³/mol. The van der Waals surface area contributed by atoms with Crippen molar-refractivity contribution in [3.8, 4) is 0 Å². The Morgan fingerprint density at radius 1 is 1.47 bits per heavy atom. The number of hydrogen-bond acceptors (Lipinski definition) is 2. The molecule has 0 spiro atoms. The first-order chi connectivity index (χ1) is 8.90. The zero-order valence-corrected chi connectivity index (χ0v) is 11.7. The maximum absolute atomic E-state index is 13.4. The van der Waals surface area contributed by atoms with Crippen molar-refractivity contribution in [2.75, 3.05) is 6.54 Å². The molecular weight excluding hydrogens is 243 g/mol. The van der Waals surface area contributed by atoms with E-state index >= 15 is 0 Å². The third-order valence-electron chi connectivity index (χ3n) is 3.56. The van der Waals surface area contributed by atoms with Crippen LogP contribution in [0.25, 0.3) is 0 Å². The average Bonchev–Trinajstić information content (AvgIpc) is 2.57. The Kier molecular flexibility index (Phi) is 3.90. The maximum Gasteiger partial charge on any atom is 0.224 e. The molecule has 1 saturated heterocycles. The van der Waals surface area contributed by atoms with E-state index < -0.39 is 0 Å². The molecule has 2 rings (SSSR count). The first-order valence-electron chi connectivity index (χ1n) is 6.71. The van der Waals surface area contributed by atoms with E-state index in [0.29, 0.717) is 24.4 Å². The molecule has 3 nitrogen and oxygen atoms in total. The molecule has 2 atom stereocenters. The Balaban J connectivity index is 2.33. The lowest BCUT2D eigenvalue weighted by atomic mass is 9.98. The number of nitrogens with zero attached hydrogens (tertiary/aromatic N) is 1. The van der Waals surface area contributed by atoms with Crippen LogP contribution in [0, 0.1) is 18.7 Å². The molecule has 1 amide bonds. The van der Waals surface area contributed by atoms with Crippen molar-refractivity contribution in [2.45, 2.75) is 39.3 Å². The van der Waals surface area contributed by atoms with E-state index in [1.807, 2.05) is 4.90 Å². The van der Waals surface area contributed by atoms with Crippen molar-refractivity contribution in [1.82, 2.24) is 4.90 Å². The molecule has 1 aliphatic rings. The molecule has 0 radical (unpaired) electrons. The number of carbonyl (C=O) groups excluding carboxylic acids is 1. The Morgan fingerprint density at radius 3 is 2.74 bits per heavy atom. The van der Waals surface area contributed by atoms with Crippen LogP contribution in [0.5, 0.6) is 0 Å². The fraction of sp³-hybridized carbons (Fsp3) is 0.533. The summed E-state index contributed by atoms with van der Waals surface area (Å²) in [4.78, 5) is 13.9. The van der Waals surface area contributed by atoms with Crippen LogP contribution in [0.2, 0.25) is 0 Å². The number of likely N-dealkylation sites (tertiary alicyclic amines) is 1. The Bertz CT molecular complexity index is 487. The number of rotatable bonds is 3. The van der Waals surface area contributed by atoms with Crippen molar-refractivity contribution in [1.29, 1.82) is 0 Å². The van der Waals surface area contributed by atoms with Gasteiger partial charge < -0.3 is 10.6 Å². The molecule has 4 heteroatoms. The van der Waals surface area contributed by atoms with Crippen LogP contribution in [0.1, 0.15) is 37.4 Å². The summed E-state index contributed by atoms with van der Waals surface area (Å²) in [5.74, 6) is 0.253. The highest BCUT2D eigenvalue weighted by Crippen LogP contribution is 2.33. The number of benzene rings is 1. The van der Waals surface area contributed by atoms with Gasteiger partial charge in [-0.3, -0.25) is 4.79 Å². The van der Waals surface area contributed by atoms with Gasteiger partial charge in [-0.1, -0.05) is 26.0 Å². The highest BCUT2D eigenvalue weighted by atomic mass is 19.1. The molecule has 1 heterocycles. The van der Waals surface area contributed by atoms with E-state index in [-0.39, 0.29) is 23.8 Å². The summed E-state index contributed by atoms with van der Waals surface area (Å²) in [7, 11) is 0. The number of carbonyl (C=O) groups is 1. The zero-order valence-electron chi connectivity index (χ0n) is 11.7. The monoisotopic (exact) mass is 264 g/mol. The summed E-state index contributed by atoms with van der Waals surface area (Å²) in [6, 6.07) is 4.64. The van der Waals surface area contributed by atoms with Gasteiger partial charge in [-0.05, 0) is 30.0 Å². The lowest BCUT2D eigenvalue weighted by Crippen LogP contribution is -2.35. The molecule has 1 fully saturated rings. The van der Waals surface area contributed by atoms with Gasteiger partial charge in [0.05, 0.1) is 6.04 Å². The van der Waals surface area contributed by atoms with Crippen molar-refractivity contribution in [3.63, 3.8) is 0 Å². The lowest BCUT2D eigenvalue weighted by Gasteiger charge is -2.29. The number of amides is 1. The summed E-state index contributed by atoms with van der Waals surface area (Å²) in [6.45, 7) is 6.57. The average molecular weight is 264 g/mol. The van der Waals surface area contributed by atoms with Crippen LogP contribution in [-0.2, 0) is 4.79 Å². The molecule has 1 aromatic carbocycles. The molecule has 0 aromatic heterocycles. The summed E-state index contributed by atoms with van der Waals surface area (Å²) in [5, 5.41) is 0. The molecule has 1 aromatic rings. The normalized spacial score (nSPS) is 23.5. The smallest absolute Gasteiger partial charge is 0.224 e. The van der Waals surface area contributed by atoms with Crippen LogP contribution >= 0.6 is 0 Å². The Morgan fingerprint density at radius 2 is 2.16 bits per heavy atom. The third kappa shape index (κ3) is 2.78. The topological polar surface area (TPSA) is 46.3 Å².